The third-order valence-electron chi connectivity index (χ3n) is 2.38. The highest BCUT2D eigenvalue weighted by Crippen LogP contribution is 2.05. The van der Waals surface area contributed by atoms with Crippen molar-refractivity contribution in [1.82, 2.24) is 19.7 Å². The first kappa shape index (κ1) is 13.6. The van der Waals surface area contributed by atoms with Crippen molar-refractivity contribution >= 4 is 5.97 Å². The van der Waals surface area contributed by atoms with Crippen molar-refractivity contribution in [3.8, 4) is 0 Å². The predicted octanol–water partition coefficient (Wildman–Crippen LogP) is 0.715. The fourth-order valence-electron chi connectivity index (χ4n) is 1.54. The van der Waals surface area contributed by atoms with E-state index < -0.39 is 5.97 Å². The highest BCUT2D eigenvalue weighted by molar-refractivity contribution is 5.85. The van der Waals surface area contributed by atoms with Crippen LogP contribution in [0.3, 0.4) is 0 Å². The average Bonchev–Trinajstić information content (AvgIpc) is 2.60. The summed E-state index contributed by atoms with van der Waals surface area (Å²) in [5.74, 6) is 0.632. The SMILES string of the molecule is CCOC(=O)c1nnc(C)n1CCCN(C)C. The van der Waals surface area contributed by atoms with E-state index >= 15 is 0 Å². The Hall–Kier alpha value is -1.43. The molecule has 0 bridgehead atoms. The predicted molar refractivity (Wildman–Crippen MR) is 63.9 cm³/mol. The van der Waals surface area contributed by atoms with Gasteiger partial charge < -0.3 is 14.2 Å². The first-order valence-electron chi connectivity index (χ1n) is 5.78. The molecule has 1 heterocycles. The van der Waals surface area contributed by atoms with Crippen LogP contribution in [0, 0.1) is 6.92 Å². The molecule has 0 aliphatic rings. The Morgan fingerprint density at radius 2 is 2.12 bits per heavy atom. The van der Waals surface area contributed by atoms with Gasteiger partial charge in [0.1, 0.15) is 5.82 Å². The second kappa shape index (κ2) is 6.34. The van der Waals surface area contributed by atoms with E-state index in [1.165, 1.54) is 0 Å². The van der Waals surface area contributed by atoms with Gasteiger partial charge in [0.25, 0.3) is 0 Å². The molecule has 1 aromatic heterocycles. The zero-order chi connectivity index (χ0) is 12.8. The van der Waals surface area contributed by atoms with E-state index in [4.69, 9.17) is 4.74 Å². The van der Waals surface area contributed by atoms with Crippen molar-refractivity contribution in [2.24, 2.45) is 0 Å². The zero-order valence-corrected chi connectivity index (χ0v) is 10.9. The smallest absolute Gasteiger partial charge is 0.376 e. The van der Waals surface area contributed by atoms with Gasteiger partial charge in [0.05, 0.1) is 6.61 Å². The van der Waals surface area contributed by atoms with E-state index in [-0.39, 0.29) is 0 Å². The van der Waals surface area contributed by atoms with Gasteiger partial charge >= 0.3 is 5.97 Å². The van der Waals surface area contributed by atoms with E-state index in [1.807, 2.05) is 25.6 Å². The number of rotatable bonds is 6. The van der Waals surface area contributed by atoms with E-state index in [9.17, 15) is 4.79 Å². The van der Waals surface area contributed by atoms with E-state index in [0.717, 1.165) is 25.3 Å². The Morgan fingerprint density at radius 1 is 1.41 bits per heavy atom. The molecule has 0 atom stereocenters. The van der Waals surface area contributed by atoms with Gasteiger partial charge in [-0.1, -0.05) is 0 Å². The molecule has 0 unspecified atom stereocenters. The van der Waals surface area contributed by atoms with Crippen LogP contribution in [0.5, 0.6) is 0 Å². The summed E-state index contributed by atoms with van der Waals surface area (Å²) in [6, 6.07) is 0. The van der Waals surface area contributed by atoms with Gasteiger partial charge in [-0.3, -0.25) is 0 Å². The highest BCUT2D eigenvalue weighted by atomic mass is 16.5. The topological polar surface area (TPSA) is 60.2 Å². The second-order valence-electron chi connectivity index (χ2n) is 4.10. The van der Waals surface area contributed by atoms with Gasteiger partial charge in [-0.15, -0.1) is 10.2 Å². The van der Waals surface area contributed by atoms with Crippen LogP contribution in [0.4, 0.5) is 0 Å². The summed E-state index contributed by atoms with van der Waals surface area (Å²) in [4.78, 5) is 13.7. The van der Waals surface area contributed by atoms with Crippen molar-refractivity contribution in [3.63, 3.8) is 0 Å². The quantitative estimate of drug-likeness (QED) is 0.685. The molecule has 0 fully saturated rings. The lowest BCUT2D eigenvalue weighted by molar-refractivity contribution is 0.0505. The van der Waals surface area contributed by atoms with Crippen molar-refractivity contribution in [2.75, 3.05) is 27.2 Å². The number of carbonyl (C=O) groups excluding carboxylic acids is 1. The molecule has 0 aliphatic heterocycles. The maximum absolute atomic E-state index is 11.6. The van der Waals surface area contributed by atoms with Gasteiger partial charge in [0.15, 0.2) is 0 Å². The summed E-state index contributed by atoms with van der Waals surface area (Å²) in [7, 11) is 4.04. The summed E-state index contributed by atoms with van der Waals surface area (Å²) in [5, 5.41) is 7.77. The van der Waals surface area contributed by atoms with Crippen molar-refractivity contribution in [1.29, 1.82) is 0 Å². The fourth-order valence-corrected chi connectivity index (χ4v) is 1.54. The molecule has 6 nitrogen and oxygen atoms in total. The molecule has 0 radical (unpaired) electrons. The monoisotopic (exact) mass is 240 g/mol. The number of esters is 1. The van der Waals surface area contributed by atoms with Gasteiger partial charge in [-0.05, 0) is 40.9 Å². The summed E-state index contributed by atoms with van der Waals surface area (Å²) in [6.07, 6.45) is 0.943. The Kier molecular flexibility index (Phi) is 5.09. The van der Waals surface area contributed by atoms with Crippen molar-refractivity contribution in [2.45, 2.75) is 26.8 Å². The standard InChI is InChI=1S/C11H20N4O2/c1-5-17-11(16)10-13-12-9(2)15(10)8-6-7-14(3)4/h5-8H2,1-4H3. The van der Waals surface area contributed by atoms with Crippen LogP contribution < -0.4 is 0 Å². The summed E-state index contributed by atoms with van der Waals surface area (Å²) >= 11 is 0. The number of hydrogen-bond acceptors (Lipinski definition) is 5. The number of hydrogen-bond donors (Lipinski definition) is 0. The Morgan fingerprint density at radius 3 is 2.71 bits per heavy atom. The van der Waals surface area contributed by atoms with Gasteiger partial charge in [0.2, 0.25) is 5.82 Å². The minimum atomic E-state index is -0.405. The number of aryl methyl sites for hydroxylation is 1. The fraction of sp³-hybridized carbons (Fsp3) is 0.727. The maximum Gasteiger partial charge on any atom is 0.376 e. The largest absolute Gasteiger partial charge is 0.460 e. The molecule has 1 aromatic rings. The maximum atomic E-state index is 11.6. The molecule has 0 amide bonds. The molecular weight excluding hydrogens is 220 g/mol. The minimum absolute atomic E-state index is 0.295. The molecule has 17 heavy (non-hydrogen) atoms. The molecule has 96 valence electrons. The summed E-state index contributed by atoms with van der Waals surface area (Å²) in [5.41, 5.74) is 0. The molecule has 1 rings (SSSR count). The van der Waals surface area contributed by atoms with Gasteiger partial charge in [-0.25, -0.2) is 4.79 Å². The Balaban J connectivity index is 2.69. The van der Waals surface area contributed by atoms with Crippen LogP contribution in [-0.4, -0.2) is 52.9 Å². The lowest BCUT2D eigenvalue weighted by atomic mass is 10.4. The molecule has 0 aliphatic carbocycles. The number of ether oxygens (including phenoxy) is 1. The van der Waals surface area contributed by atoms with Crippen molar-refractivity contribution in [3.05, 3.63) is 11.6 Å². The molecule has 0 aromatic carbocycles. The third kappa shape index (κ3) is 3.81. The van der Waals surface area contributed by atoms with Crippen LogP contribution in [0.25, 0.3) is 0 Å². The van der Waals surface area contributed by atoms with E-state index in [2.05, 4.69) is 15.1 Å². The summed E-state index contributed by atoms with van der Waals surface area (Å²) in [6.45, 7) is 5.65. The van der Waals surface area contributed by atoms with Crippen LogP contribution in [0.1, 0.15) is 29.8 Å². The van der Waals surface area contributed by atoms with Crippen molar-refractivity contribution < 1.29 is 9.53 Å². The summed E-state index contributed by atoms with van der Waals surface area (Å²) < 4.78 is 6.74. The number of nitrogens with zero attached hydrogens (tertiary/aromatic N) is 4. The third-order valence-corrected chi connectivity index (χ3v) is 2.38. The lowest BCUT2D eigenvalue weighted by Gasteiger charge is -2.11. The number of aromatic nitrogens is 3. The molecule has 0 spiro atoms. The van der Waals surface area contributed by atoms with Gasteiger partial charge in [0, 0.05) is 6.54 Å². The van der Waals surface area contributed by atoms with E-state index in [0.29, 0.717) is 12.4 Å². The number of carbonyl (C=O) groups is 1. The molecular formula is C11H20N4O2. The highest BCUT2D eigenvalue weighted by Gasteiger charge is 2.17. The molecule has 0 saturated carbocycles. The lowest BCUT2D eigenvalue weighted by Crippen LogP contribution is -2.18. The molecule has 0 saturated heterocycles. The first-order valence-corrected chi connectivity index (χ1v) is 5.78. The first-order chi connectivity index (χ1) is 8.06. The van der Waals surface area contributed by atoms with Crippen LogP contribution >= 0.6 is 0 Å². The molecule has 6 heteroatoms. The van der Waals surface area contributed by atoms with Crippen LogP contribution in [0.15, 0.2) is 0 Å². The Labute approximate surface area is 102 Å². The second-order valence-corrected chi connectivity index (χ2v) is 4.10. The molecule has 0 N–H and O–H groups in total. The Bertz CT molecular complexity index is 374. The zero-order valence-electron chi connectivity index (χ0n) is 10.9. The van der Waals surface area contributed by atoms with Gasteiger partial charge in [-0.2, -0.15) is 0 Å². The normalized spacial score (nSPS) is 10.9. The van der Waals surface area contributed by atoms with Crippen LogP contribution in [-0.2, 0) is 11.3 Å². The van der Waals surface area contributed by atoms with Crippen LogP contribution in [0.2, 0.25) is 0 Å². The average molecular weight is 240 g/mol. The van der Waals surface area contributed by atoms with E-state index in [1.54, 1.807) is 6.92 Å². The minimum Gasteiger partial charge on any atom is -0.460 e.